The maximum Gasteiger partial charge on any atom is 0.243 e. The van der Waals surface area contributed by atoms with Gasteiger partial charge < -0.3 is 5.73 Å². The molecule has 1 fully saturated rings. The molecule has 0 heterocycles. The van der Waals surface area contributed by atoms with Gasteiger partial charge in [-0.05, 0) is 30.0 Å². The molecule has 6 heteroatoms. The van der Waals surface area contributed by atoms with Gasteiger partial charge in [0.2, 0.25) is 10.0 Å². The molecule has 1 aliphatic rings. The van der Waals surface area contributed by atoms with Crippen LogP contribution < -0.4 is 10.5 Å². The Balaban J connectivity index is 2.24. The molecule has 1 aromatic carbocycles. The first-order chi connectivity index (χ1) is 9.26. The standard InChI is InChI=1S/C14H17FN2O2S/c1-14(2)9-13(14)17-20(18,19)12-6-5-10(4-3-7-16)8-11(12)15/h5-6,8,13,17H,7,9,16H2,1-2H3. The largest absolute Gasteiger partial charge is 0.320 e. The average Bonchev–Trinajstić information content (AvgIpc) is 2.92. The minimum Gasteiger partial charge on any atom is -0.320 e. The molecule has 0 spiro atoms. The van der Waals surface area contributed by atoms with Crippen LogP contribution in [0.3, 0.4) is 0 Å². The third kappa shape index (κ3) is 3.18. The molecule has 0 aliphatic heterocycles. The first kappa shape index (κ1) is 15.0. The van der Waals surface area contributed by atoms with Gasteiger partial charge in [-0.3, -0.25) is 0 Å². The van der Waals surface area contributed by atoms with Gasteiger partial charge in [-0.25, -0.2) is 17.5 Å². The van der Waals surface area contributed by atoms with Crippen LogP contribution >= 0.6 is 0 Å². The fourth-order valence-corrected chi connectivity index (χ4v) is 3.34. The van der Waals surface area contributed by atoms with E-state index in [4.69, 9.17) is 5.73 Å². The molecule has 1 atom stereocenters. The summed E-state index contributed by atoms with van der Waals surface area (Å²) in [6.07, 6.45) is 0.758. The van der Waals surface area contributed by atoms with Crippen molar-refractivity contribution in [3.63, 3.8) is 0 Å². The first-order valence-electron chi connectivity index (χ1n) is 6.27. The zero-order valence-corrected chi connectivity index (χ0v) is 12.2. The van der Waals surface area contributed by atoms with E-state index in [-0.39, 0.29) is 22.9 Å². The fraction of sp³-hybridized carbons (Fsp3) is 0.429. The Hall–Kier alpha value is -1.42. The minimum atomic E-state index is -3.83. The highest BCUT2D eigenvalue weighted by Gasteiger charge is 2.48. The van der Waals surface area contributed by atoms with Crippen molar-refractivity contribution in [3.05, 3.63) is 29.6 Å². The van der Waals surface area contributed by atoms with Gasteiger partial charge in [-0.1, -0.05) is 25.7 Å². The topological polar surface area (TPSA) is 72.2 Å². The highest BCUT2D eigenvalue weighted by Crippen LogP contribution is 2.45. The van der Waals surface area contributed by atoms with Gasteiger partial charge in [-0.2, -0.15) is 0 Å². The number of hydrogen-bond donors (Lipinski definition) is 2. The number of nitrogens with two attached hydrogens (primary N) is 1. The van der Waals surface area contributed by atoms with Crippen LogP contribution in [0.5, 0.6) is 0 Å². The van der Waals surface area contributed by atoms with Gasteiger partial charge in [0, 0.05) is 11.6 Å². The fourth-order valence-electron chi connectivity index (χ4n) is 1.87. The van der Waals surface area contributed by atoms with Gasteiger partial charge in [0.25, 0.3) is 0 Å². The summed E-state index contributed by atoms with van der Waals surface area (Å²) in [5.74, 6) is 4.44. The van der Waals surface area contributed by atoms with Crippen LogP contribution in [0, 0.1) is 23.1 Å². The van der Waals surface area contributed by atoms with E-state index in [9.17, 15) is 12.8 Å². The number of benzene rings is 1. The monoisotopic (exact) mass is 296 g/mol. The van der Waals surface area contributed by atoms with Crippen molar-refractivity contribution in [2.45, 2.75) is 31.2 Å². The molecule has 0 saturated heterocycles. The maximum atomic E-state index is 13.9. The summed E-state index contributed by atoms with van der Waals surface area (Å²) in [6, 6.07) is 3.67. The molecule has 2 rings (SSSR count). The molecule has 0 aromatic heterocycles. The second-order valence-corrected chi connectivity index (χ2v) is 7.20. The Labute approximate surface area is 118 Å². The molecule has 108 valence electrons. The lowest BCUT2D eigenvalue weighted by atomic mass is 10.2. The normalized spacial score (nSPS) is 20.1. The van der Waals surface area contributed by atoms with E-state index < -0.39 is 15.8 Å². The second-order valence-electron chi connectivity index (χ2n) is 5.52. The van der Waals surface area contributed by atoms with Crippen molar-refractivity contribution in [2.24, 2.45) is 11.1 Å². The molecule has 0 bridgehead atoms. The molecule has 20 heavy (non-hydrogen) atoms. The summed E-state index contributed by atoms with van der Waals surface area (Å²) in [7, 11) is -3.83. The Morgan fingerprint density at radius 2 is 2.15 bits per heavy atom. The lowest BCUT2D eigenvalue weighted by Gasteiger charge is -2.09. The van der Waals surface area contributed by atoms with Gasteiger partial charge in [0.05, 0.1) is 6.54 Å². The molecular weight excluding hydrogens is 279 g/mol. The van der Waals surface area contributed by atoms with Crippen molar-refractivity contribution < 1.29 is 12.8 Å². The number of hydrogen-bond acceptors (Lipinski definition) is 3. The lowest BCUT2D eigenvalue weighted by Crippen LogP contribution is -2.29. The highest BCUT2D eigenvalue weighted by molar-refractivity contribution is 7.89. The number of halogens is 1. The van der Waals surface area contributed by atoms with Gasteiger partial charge >= 0.3 is 0 Å². The van der Waals surface area contributed by atoms with E-state index in [0.717, 1.165) is 12.5 Å². The Bertz CT molecular complexity index is 687. The van der Waals surface area contributed by atoms with Crippen molar-refractivity contribution in [1.29, 1.82) is 0 Å². The minimum absolute atomic E-state index is 0.0594. The zero-order valence-electron chi connectivity index (χ0n) is 11.4. The average molecular weight is 296 g/mol. The molecule has 0 radical (unpaired) electrons. The van der Waals surface area contributed by atoms with Crippen molar-refractivity contribution in [3.8, 4) is 11.8 Å². The molecule has 1 aliphatic carbocycles. The third-order valence-electron chi connectivity index (χ3n) is 3.37. The third-order valence-corrected chi connectivity index (χ3v) is 4.87. The summed E-state index contributed by atoms with van der Waals surface area (Å²) in [5, 5.41) is 0. The quantitative estimate of drug-likeness (QED) is 0.824. The van der Waals surface area contributed by atoms with E-state index >= 15 is 0 Å². The number of rotatable bonds is 3. The number of nitrogens with one attached hydrogen (secondary N) is 1. The maximum absolute atomic E-state index is 13.9. The number of sulfonamides is 1. The molecule has 1 aromatic rings. The summed E-state index contributed by atoms with van der Waals surface area (Å²) < 4.78 is 40.7. The first-order valence-corrected chi connectivity index (χ1v) is 7.75. The molecule has 3 N–H and O–H groups in total. The SMILES string of the molecule is CC1(C)CC1NS(=O)(=O)c1ccc(C#CCN)cc1F. The lowest BCUT2D eigenvalue weighted by molar-refractivity contribution is 0.540. The van der Waals surface area contributed by atoms with E-state index in [0.29, 0.717) is 5.56 Å². The van der Waals surface area contributed by atoms with Crippen molar-refractivity contribution in [1.82, 2.24) is 4.72 Å². The van der Waals surface area contributed by atoms with Crippen LogP contribution in [0.15, 0.2) is 23.1 Å². The summed E-state index contributed by atoms with van der Waals surface area (Å²) >= 11 is 0. The van der Waals surface area contributed by atoms with Crippen LogP contribution in [0.25, 0.3) is 0 Å². The molecular formula is C14H17FN2O2S. The predicted molar refractivity (Wildman–Crippen MR) is 74.8 cm³/mol. The Morgan fingerprint density at radius 1 is 1.50 bits per heavy atom. The van der Waals surface area contributed by atoms with Crippen LogP contribution in [0.2, 0.25) is 0 Å². The van der Waals surface area contributed by atoms with E-state index in [1.54, 1.807) is 0 Å². The van der Waals surface area contributed by atoms with Crippen LogP contribution in [-0.2, 0) is 10.0 Å². The molecule has 0 amide bonds. The summed E-state index contributed by atoms with van der Waals surface area (Å²) in [5.41, 5.74) is 5.57. The smallest absolute Gasteiger partial charge is 0.243 e. The van der Waals surface area contributed by atoms with Gasteiger partial charge in [0.15, 0.2) is 0 Å². The van der Waals surface area contributed by atoms with Crippen molar-refractivity contribution >= 4 is 10.0 Å². The van der Waals surface area contributed by atoms with E-state index in [1.807, 2.05) is 13.8 Å². The zero-order chi connectivity index (χ0) is 15.0. The van der Waals surface area contributed by atoms with Gasteiger partial charge in [-0.15, -0.1) is 0 Å². The van der Waals surface area contributed by atoms with Crippen LogP contribution in [0.4, 0.5) is 4.39 Å². The molecule has 1 saturated carbocycles. The molecule has 1 unspecified atom stereocenters. The summed E-state index contributed by atoms with van der Waals surface area (Å²) in [6.45, 7) is 4.09. The highest BCUT2D eigenvalue weighted by atomic mass is 32.2. The van der Waals surface area contributed by atoms with Crippen LogP contribution in [0.1, 0.15) is 25.8 Å². The second kappa shape index (κ2) is 5.17. The van der Waals surface area contributed by atoms with E-state index in [2.05, 4.69) is 16.6 Å². The predicted octanol–water partition coefficient (Wildman–Crippen LogP) is 1.21. The van der Waals surface area contributed by atoms with Gasteiger partial charge in [0.1, 0.15) is 10.7 Å². The summed E-state index contributed by atoms with van der Waals surface area (Å²) in [4.78, 5) is -0.349. The molecule has 4 nitrogen and oxygen atoms in total. The van der Waals surface area contributed by atoms with Crippen molar-refractivity contribution in [2.75, 3.05) is 6.54 Å². The van der Waals surface area contributed by atoms with E-state index in [1.165, 1.54) is 12.1 Å². The van der Waals surface area contributed by atoms with Crippen LogP contribution in [-0.4, -0.2) is 21.0 Å². The Morgan fingerprint density at radius 3 is 2.65 bits per heavy atom. The Kier molecular flexibility index (Phi) is 3.87.